The minimum absolute atomic E-state index is 0.0454. The number of sulfonamides is 1. The van der Waals surface area contributed by atoms with Crippen LogP contribution in [0.3, 0.4) is 0 Å². The van der Waals surface area contributed by atoms with Gasteiger partial charge in [0.1, 0.15) is 0 Å². The first-order valence-corrected chi connectivity index (χ1v) is 8.88. The van der Waals surface area contributed by atoms with Gasteiger partial charge in [0.15, 0.2) is 0 Å². The van der Waals surface area contributed by atoms with Gasteiger partial charge in [0.25, 0.3) is 5.91 Å². The van der Waals surface area contributed by atoms with Crippen LogP contribution in [-0.2, 0) is 14.8 Å². The molecule has 7 nitrogen and oxygen atoms in total. The van der Waals surface area contributed by atoms with Crippen LogP contribution in [0.4, 0.5) is 0 Å². The third-order valence-corrected chi connectivity index (χ3v) is 5.31. The van der Waals surface area contributed by atoms with Crippen LogP contribution in [-0.4, -0.2) is 37.6 Å². The minimum atomic E-state index is -3.64. The summed E-state index contributed by atoms with van der Waals surface area (Å²) in [6.07, 6.45) is 0. The zero-order valence-electron chi connectivity index (χ0n) is 13.8. The van der Waals surface area contributed by atoms with E-state index in [9.17, 15) is 18.0 Å². The van der Waals surface area contributed by atoms with Gasteiger partial charge in [0.05, 0.1) is 4.90 Å². The Hall–Kier alpha value is -1.93. The first-order chi connectivity index (χ1) is 10.7. The molecule has 2 N–H and O–H groups in total. The first-order valence-electron chi connectivity index (χ1n) is 7.44. The standard InChI is InChI=1S/C15H23N3O4S/c1-5-18(6-2)23(21,22)13-9-7-8-12(10-13)15(20)17-16-14(19)11(3)4/h7-11H,5-6H2,1-4H3,(H,16,19)(H,17,20). The molecular weight excluding hydrogens is 318 g/mol. The molecule has 0 saturated carbocycles. The maximum Gasteiger partial charge on any atom is 0.269 e. The number of amides is 2. The summed E-state index contributed by atoms with van der Waals surface area (Å²) in [6, 6.07) is 5.72. The van der Waals surface area contributed by atoms with Crippen molar-refractivity contribution < 1.29 is 18.0 Å². The van der Waals surface area contributed by atoms with Crippen molar-refractivity contribution in [1.29, 1.82) is 0 Å². The van der Waals surface area contributed by atoms with Gasteiger partial charge in [-0.3, -0.25) is 20.4 Å². The zero-order chi connectivity index (χ0) is 17.6. The molecule has 1 aromatic carbocycles. The molecular formula is C15H23N3O4S. The van der Waals surface area contributed by atoms with Gasteiger partial charge in [0.2, 0.25) is 15.9 Å². The van der Waals surface area contributed by atoms with Crippen molar-refractivity contribution in [3.8, 4) is 0 Å². The van der Waals surface area contributed by atoms with E-state index in [-0.39, 0.29) is 22.3 Å². The number of carbonyl (C=O) groups is 2. The highest BCUT2D eigenvalue weighted by Gasteiger charge is 2.22. The lowest BCUT2D eigenvalue weighted by molar-refractivity contribution is -0.124. The van der Waals surface area contributed by atoms with Crippen LogP contribution in [0.1, 0.15) is 38.1 Å². The van der Waals surface area contributed by atoms with E-state index in [1.807, 2.05) is 0 Å². The van der Waals surface area contributed by atoms with Crippen molar-refractivity contribution >= 4 is 21.8 Å². The molecule has 0 bridgehead atoms. The molecule has 1 aromatic rings. The van der Waals surface area contributed by atoms with Crippen molar-refractivity contribution in [2.45, 2.75) is 32.6 Å². The van der Waals surface area contributed by atoms with Crippen molar-refractivity contribution in [2.24, 2.45) is 5.92 Å². The van der Waals surface area contributed by atoms with Crippen LogP contribution in [0.25, 0.3) is 0 Å². The lowest BCUT2D eigenvalue weighted by atomic mass is 10.2. The summed E-state index contributed by atoms with van der Waals surface area (Å²) in [5, 5.41) is 0. The second kappa shape index (κ2) is 8.07. The molecule has 2 amide bonds. The number of nitrogens with one attached hydrogen (secondary N) is 2. The third kappa shape index (κ3) is 4.77. The molecule has 0 unspecified atom stereocenters. The topological polar surface area (TPSA) is 95.6 Å². The minimum Gasteiger partial charge on any atom is -0.273 e. The number of nitrogens with zero attached hydrogens (tertiary/aromatic N) is 1. The van der Waals surface area contributed by atoms with Crippen molar-refractivity contribution in [1.82, 2.24) is 15.2 Å². The summed E-state index contributed by atoms with van der Waals surface area (Å²) < 4.78 is 26.2. The Morgan fingerprint density at radius 2 is 1.74 bits per heavy atom. The molecule has 0 fully saturated rings. The molecule has 0 aromatic heterocycles. The highest BCUT2D eigenvalue weighted by Crippen LogP contribution is 2.16. The lowest BCUT2D eigenvalue weighted by Crippen LogP contribution is -2.43. The quantitative estimate of drug-likeness (QED) is 0.758. The summed E-state index contributed by atoms with van der Waals surface area (Å²) >= 11 is 0. The van der Waals surface area contributed by atoms with Gasteiger partial charge in [-0.05, 0) is 18.2 Å². The number of hydrogen-bond donors (Lipinski definition) is 2. The summed E-state index contributed by atoms with van der Waals surface area (Å²) in [6.45, 7) is 7.58. The van der Waals surface area contributed by atoms with Gasteiger partial charge in [-0.25, -0.2) is 8.42 Å². The molecule has 0 heterocycles. The lowest BCUT2D eigenvalue weighted by Gasteiger charge is -2.18. The first kappa shape index (κ1) is 19.1. The van der Waals surface area contributed by atoms with Crippen LogP contribution in [0.2, 0.25) is 0 Å². The van der Waals surface area contributed by atoms with Crippen LogP contribution in [0.15, 0.2) is 29.2 Å². The SMILES string of the molecule is CCN(CC)S(=O)(=O)c1cccc(C(=O)NNC(=O)C(C)C)c1. The Kier molecular flexibility index (Phi) is 6.71. The fourth-order valence-corrected chi connectivity index (χ4v) is 3.35. The highest BCUT2D eigenvalue weighted by atomic mass is 32.2. The van der Waals surface area contributed by atoms with Crippen molar-refractivity contribution in [2.75, 3.05) is 13.1 Å². The molecule has 23 heavy (non-hydrogen) atoms. The van der Waals surface area contributed by atoms with Gasteiger partial charge < -0.3 is 0 Å². The maximum atomic E-state index is 12.4. The Labute approximate surface area is 137 Å². The zero-order valence-corrected chi connectivity index (χ0v) is 14.6. The second-order valence-electron chi connectivity index (χ2n) is 5.22. The van der Waals surface area contributed by atoms with Crippen LogP contribution < -0.4 is 10.9 Å². The van der Waals surface area contributed by atoms with Gasteiger partial charge in [-0.1, -0.05) is 33.8 Å². The highest BCUT2D eigenvalue weighted by molar-refractivity contribution is 7.89. The molecule has 0 saturated heterocycles. The third-order valence-electron chi connectivity index (χ3n) is 3.26. The smallest absolute Gasteiger partial charge is 0.269 e. The fourth-order valence-electron chi connectivity index (χ4n) is 1.85. The van der Waals surface area contributed by atoms with E-state index in [2.05, 4.69) is 10.9 Å². The number of hydrogen-bond acceptors (Lipinski definition) is 4. The molecule has 0 spiro atoms. The number of benzene rings is 1. The normalized spacial score (nSPS) is 11.6. The van der Waals surface area contributed by atoms with E-state index < -0.39 is 15.9 Å². The largest absolute Gasteiger partial charge is 0.273 e. The van der Waals surface area contributed by atoms with Gasteiger partial charge in [0, 0.05) is 24.6 Å². The van der Waals surface area contributed by atoms with Crippen molar-refractivity contribution in [3.63, 3.8) is 0 Å². The van der Waals surface area contributed by atoms with Crippen LogP contribution in [0, 0.1) is 5.92 Å². The van der Waals surface area contributed by atoms with E-state index in [0.717, 1.165) is 0 Å². The molecule has 0 aliphatic carbocycles. The molecule has 1 rings (SSSR count). The van der Waals surface area contributed by atoms with E-state index >= 15 is 0 Å². The summed E-state index contributed by atoms with van der Waals surface area (Å²) in [7, 11) is -3.64. The Bertz CT molecular complexity index is 667. The molecule has 0 aliphatic rings. The predicted molar refractivity (Wildman–Crippen MR) is 87.0 cm³/mol. The molecule has 8 heteroatoms. The van der Waals surface area contributed by atoms with Gasteiger partial charge >= 0.3 is 0 Å². The van der Waals surface area contributed by atoms with E-state index in [0.29, 0.717) is 13.1 Å². The number of rotatable bonds is 6. The second-order valence-corrected chi connectivity index (χ2v) is 7.15. The Morgan fingerprint density at radius 3 is 2.26 bits per heavy atom. The monoisotopic (exact) mass is 341 g/mol. The molecule has 0 aliphatic heterocycles. The van der Waals surface area contributed by atoms with E-state index in [4.69, 9.17) is 0 Å². The van der Waals surface area contributed by atoms with E-state index in [1.165, 1.54) is 28.6 Å². The maximum absolute atomic E-state index is 12.4. The summed E-state index contributed by atoms with van der Waals surface area (Å²) in [5.74, 6) is -1.18. The molecule has 0 radical (unpaired) electrons. The molecule has 0 atom stereocenters. The summed E-state index contributed by atoms with van der Waals surface area (Å²) in [4.78, 5) is 23.5. The average molecular weight is 341 g/mol. The Morgan fingerprint density at radius 1 is 1.13 bits per heavy atom. The van der Waals surface area contributed by atoms with Crippen molar-refractivity contribution in [3.05, 3.63) is 29.8 Å². The summed E-state index contributed by atoms with van der Waals surface area (Å²) in [5.41, 5.74) is 4.71. The Balaban J connectivity index is 2.97. The molecule has 128 valence electrons. The van der Waals surface area contributed by atoms with Gasteiger partial charge in [-0.15, -0.1) is 0 Å². The average Bonchev–Trinajstić information content (AvgIpc) is 2.53. The number of carbonyl (C=O) groups excluding carboxylic acids is 2. The van der Waals surface area contributed by atoms with Gasteiger partial charge in [-0.2, -0.15) is 4.31 Å². The fraction of sp³-hybridized carbons (Fsp3) is 0.467. The number of hydrazine groups is 1. The van der Waals surface area contributed by atoms with Crippen LogP contribution >= 0.6 is 0 Å². The predicted octanol–water partition coefficient (Wildman–Crippen LogP) is 1.13. The van der Waals surface area contributed by atoms with Crippen LogP contribution in [0.5, 0.6) is 0 Å². The van der Waals surface area contributed by atoms with E-state index in [1.54, 1.807) is 27.7 Å².